The summed E-state index contributed by atoms with van der Waals surface area (Å²) in [4.78, 5) is 31.2. The Hall–Kier alpha value is -3.13. The van der Waals surface area contributed by atoms with Gasteiger partial charge in [0.05, 0.1) is 23.1 Å². The fraction of sp³-hybridized carbons (Fsp3) is 0.375. The van der Waals surface area contributed by atoms with Gasteiger partial charge in [0.25, 0.3) is 5.91 Å². The molecule has 0 radical (unpaired) electrons. The zero-order valence-corrected chi connectivity index (χ0v) is 22.0. The van der Waals surface area contributed by atoms with Gasteiger partial charge in [0.15, 0.2) is 18.4 Å². The molecule has 0 saturated carbocycles. The highest BCUT2D eigenvalue weighted by atomic mass is 79.9. The van der Waals surface area contributed by atoms with Gasteiger partial charge in [0.1, 0.15) is 11.5 Å². The number of thiazole rings is 1. The van der Waals surface area contributed by atoms with E-state index in [1.54, 1.807) is 17.0 Å². The molecular formula is C24H20BrF4N5O3S. The second kappa shape index (κ2) is 10.9. The molecule has 1 unspecified atom stereocenters. The van der Waals surface area contributed by atoms with Gasteiger partial charge in [-0.1, -0.05) is 27.2 Å². The number of carbonyl (C=O) groups is 1. The van der Waals surface area contributed by atoms with Crippen molar-refractivity contribution in [3.8, 4) is 5.88 Å². The van der Waals surface area contributed by atoms with Gasteiger partial charge in [0, 0.05) is 40.8 Å². The van der Waals surface area contributed by atoms with E-state index in [1.807, 2.05) is 5.38 Å². The van der Waals surface area contributed by atoms with Gasteiger partial charge in [-0.2, -0.15) is 13.2 Å². The minimum Gasteiger partial charge on any atom is -0.466 e. The normalized spacial score (nSPS) is 18.3. The molecule has 3 aromatic rings. The number of aromatic nitrogens is 3. The Bertz CT molecular complexity index is 1320. The average molecular weight is 614 g/mol. The van der Waals surface area contributed by atoms with Crippen LogP contribution in [-0.4, -0.2) is 51.2 Å². The molecule has 2 aliphatic heterocycles. The molecule has 1 fully saturated rings. The van der Waals surface area contributed by atoms with Crippen molar-refractivity contribution in [2.24, 2.45) is 5.16 Å². The lowest BCUT2D eigenvalue weighted by Crippen LogP contribution is -2.40. The maximum absolute atomic E-state index is 14.3. The van der Waals surface area contributed by atoms with Crippen LogP contribution in [0, 0.1) is 5.82 Å². The quantitative estimate of drug-likeness (QED) is 0.341. The van der Waals surface area contributed by atoms with Gasteiger partial charge in [-0.3, -0.25) is 4.79 Å². The molecule has 14 heteroatoms. The van der Waals surface area contributed by atoms with Gasteiger partial charge in [-0.15, -0.1) is 11.3 Å². The molecule has 1 aromatic carbocycles. The fourth-order valence-electron chi connectivity index (χ4n) is 4.25. The lowest BCUT2D eigenvalue weighted by molar-refractivity contribution is -0.141. The Kier molecular flexibility index (Phi) is 7.61. The molecular weight excluding hydrogens is 594 g/mol. The zero-order valence-electron chi connectivity index (χ0n) is 19.6. The highest BCUT2D eigenvalue weighted by Gasteiger charge is 2.33. The molecule has 5 rings (SSSR count). The molecule has 0 spiro atoms. The Labute approximate surface area is 226 Å². The number of oxime groups is 1. The number of ether oxygens (including phenoxy) is 1. The van der Waals surface area contributed by atoms with E-state index < -0.39 is 18.0 Å². The van der Waals surface area contributed by atoms with Crippen molar-refractivity contribution in [3.05, 3.63) is 68.2 Å². The first-order valence-corrected chi connectivity index (χ1v) is 13.3. The second-order valence-corrected chi connectivity index (χ2v) is 10.5. The molecule has 2 aromatic heterocycles. The molecule has 8 nitrogen and oxygen atoms in total. The summed E-state index contributed by atoms with van der Waals surface area (Å²) in [5.41, 5.74) is 0.649. The maximum atomic E-state index is 14.3. The summed E-state index contributed by atoms with van der Waals surface area (Å²) in [5.74, 6) is -0.634. The van der Waals surface area contributed by atoms with Crippen LogP contribution in [0.3, 0.4) is 0 Å². The van der Waals surface area contributed by atoms with Crippen molar-refractivity contribution in [2.45, 2.75) is 37.5 Å². The first kappa shape index (κ1) is 26.5. The van der Waals surface area contributed by atoms with Crippen LogP contribution in [0.25, 0.3) is 0 Å². The van der Waals surface area contributed by atoms with Crippen molar-refractivity contribution in [1.82, 2.24) is 19.9 Å². The summed E-state index contributed by atoms with van der Waals surface area (Å²) in [6.07, 6.45) is -1.91. The molecule has 0 aliphatic carbocycles. The molecule has 0 N–H and O–H groups in total. The van der Waals surface area contributed by atoms with Crippen LogP contribution >= 0.6 is 27.3 Å². The average Bonchev–Trinajstić information content (AvgIpc) is 3.57. The van der Waals surface area contributed by atoms with E-state index in [0.29, 0.717) is 60.0 Å². The topological polar surface area (TPSA) is 89.8 Å². The number of hydrogen-bond donors (Lipinski definition) is 0. The summed E-state index contributed by atoms with van der Waals surface area (Å²) in [6, 6.07) is 4.76. The number of alkyl halides is 3. The zero-order chi connectivity index (χ0) is 26.9. The van der Waals surface area contributed by atoms with Crippen molar-refractivity contribution >= 4 is 38.9 Å². The van der Waals surface area contributed by atoms with Crippen LogP contribution in [0.5, 0.6) is 5.88 Å². The SMILES string of the molecule is O=C(COc1cnc(C(F)(F)F)cn1)N1CCC(c2nc(C3=NOC(c4c(F)cccc4Br)C3)cs2)CC1. The summed E-state index contributed by atoms with van der Waals surface area (Å²) >= 11 is 4.88. The van der Waals surface area contributed by atoms with E-state index in [1.165, 1.54) is 17.4 Å². The Balaban J connectivity index is 1.11. The van der Waals surface area contributed by atoms with Crippen molar-refractivity contribution in [1.29, 1.82) is 0 Å². The first-order chi connectivity index (χ1) is 18.2. The molecule has 2 aliphatic rings. The number of nitrogens with zero attached hydrogens (tertiary/aromatic N) is 5. The number of hydrogen-bond acceptors (Lipinski definition) is 8. The van der Waals surface area contributed by atoms with Gasteiger partial charge in [-0.25, -0.2) is 19.3 Å². The maximum Gasteiger partial charge on any atom is 0.434 e. The standard InChI is InChI=1S/C24H20BrF4N5O3S/c25-14-2-1-3-15(26)22(14)18-8-16(33-37-18)17-12-38-23(32-17)13-4-6-34(7-5-13)21(35)11-36-20-10-30-19(9-31-20)24(27,28)29/h1-3,9-10,12-13,18H,4-8,11H2. The Morgan fingerprint density at radius 1 is 1.21 bits per heavy atom. The van der Waals surface area contributed by atoms with E-state index in [-0.39, 0.29) is 30.1 Å². The number of halogens is 5. The predicted octanol–water partition coefficient (Wildman–Crippen LogP) is 5.50. The number of benzene rings is 1. The molecule has 200 valence electrons. The molecule has 4 heterocycles. The van der Waals surface area contributed by atoms with Gasteiger partial charge in [-0.05, 0) is 25.0 Å². The summed E-state index contributed by atoms with van der Waals surface area (Å²) in [7, 11) is 0. The fourth-order valence-corrected chi connectivity index (χ4v) is 5.85. The van der Waals surface area contributed by atoms with Gasteiger partial charge in [0.2, 0.25) is 5.88 Å². The van der Waals surface area contributed by atoms with E-state index in [0.717, 1.165) is 11.2 Å². The smallest absolute Gasteiger partial charge is 0.434 e. The number of amides is 1. The number of likely N-dealkylation sites (tertiary alicyclic amines) is 1. The van der Waals surface area contributed by atoms with Crippen LogP contribution in [0.1, 0.15) is 53.2 Å². The number of carbonyl (C=O) groups excluding carboxylic acids is 1. The first-order valence-electron chi connectivity index (χ1n) is 11.6. The minimum atomic E-state index is -4.59. The molecule has 1 atom stereocenters. The van der Waals surface area contributed by atoms with Crippen LogP contribution < -0.4 is 4.74 Å². The van der Waals surface area contributed by atoms with Crippen molar-refractivity contribution in [3.63, 3.8) is 0 Å². The molecule has 1 saturated heterocycles. The molecule has 38 heavy (non-hydrogen) atoms. The van der Waals surface area contributed by atoms with Gasteiger partial charge >= 0.3 is 6.18 Å². The minimum absolute atomic E-state index is 0.153. The lowest BCUT2D eigenvalue weighted by Gasteiger charge is -2.31. The van der Waals surface area contributed by atoms with Gasteiger partial charge < -0.3 is 14.5 Å². The van der Waals surface area contributed by atoms with Crippen LogP contribution in [-0.2, 0) is 15.8 Å². The van der Waals surface area contributed by atoms with E-state index in [9.17, 15) is 22.4 Å². The van der Waals surface area contributed by atoms with E-state index >= 15 is 0 Å². The van der Waals surface area contributed by atoms with Crippen LogP contribution in [0.4, 0.5) is 17.6 Å². The molecule has 1 amide bonds. The third kappa shape index (κ3) is 5.80. The monoisotopic (exact) mass is 613 g/mol. The largest absolute Gasteiger partial charge is 0.466 e. The van der Waals surface area contributed by atoms with Crippen LogP contribution in [0.2, 0.25) is 0 Å². The number of rotatable bonds is 6. The highest BCUT2D eigenvalue weighted by Crippen LogP contribution is 2.37. The van der Waals surface area contributed by atoms with Crippen molar-refractivity contribution < 1.29 is 31.9 Å². The van der Waals surface area contributed by atoms with Crippen molar-refractivity contribution in [2.75, 3.05) is 19.7 Å². The Morgan fingerprint density at radius 2 is 2.00 bits per heavy atom. The summed E-state index contributed by atoms with van der Waals surface area (Å²) in [5, 5.41) is 6.98. The summed E-state index contributed by atoms with van der Waals surface area (Å²) < 4.78 is 57.9. The second-order valence-electron chi connectivity index (χ2n) is 8.72. The molecule has 0 bridgehead atoms. The number of piperidine rings is 1. The third-order valence-electron chi connectivity index (χ3n) is 6.27. The Morgan fingerprint density at radius 3 is 2.68 bits per heavy atom. The summed E-state index contributed by atoms with van der Waals surface area (Å²) in [6.45, 7) is 0.646. The predicted molar refractivity (Wildman–Crippen MR) is 132 cm³/mol. The van der Waals surface area contributed by atoms with E-state index in [4.69, 9.17) is 14.6 Å². The van der Waals surface area contributed by atoms with Crippen LogP contribution in [0.15, 0.2) is 45.6 Å². The highest BCUT2D eigenvalue weighted by molar-refractivity contribution is 9.10. The lowest BCUT2D eigenvalue weighted by atomic mass is 9.97. The van der Waals surface area contributed by atoms with E-state index in [2.05, 4.69) is 31.1 Å². The third-order valence-corrected chi connectivity index (χ3v) is 7.97.